The third-order valence-electron chi connectivity index (χ3n) is 4.02. The van der Waals surface area contributed by atoms with Gasteiger partial charge in [-0.25, -0.2) is 9.78 Å². The van der Waals surface area contributed by atoms with Gasteiger partial charge in [0.2, 0.25) is 5.89 Å². The molecule has 0 unspecified atom stereocenters. The molecule has 7 nitrogen and oxygen atoms in total. The van der Waals surface area contributed by atoms with Crippen molar-refractivity contribution in [3.63, 3.8) is 0 Å². The van der Waals surface area contributed by atoms with Crippen molar-refractivity contribution in [2.24, 2.45) is 0 Å². The Labute approximate surface area is 153 Å². The maximum absolute atomic E-state index is 12.6. The molecule has 0 saturated carbocycles. The Morgan fingerprint density at radius 1 is 1.35 bits per heavy atom. The summed E-state index contributed by atoms with van der Waals surface area (Å²) in [5.41, 5.74) is 1.57. The van der Waals surface area contributed by atoms with Gasteiger partial charge in [0.15, 0.2) is 5.69 Å². The Morgan fingerprint density at radius 3 is 2.96 bits per heavy atom. The van der Waals surface area contributed by atoms with Gasteiger partial charge in [-0.2, -0.15) is 0 Å². The molecule has 1 fully saturated rings. The minimum atomic E-state index is -0.350. The standard InChI is InChI=1S/C18H16N4O3S/c1-11-15(21-17(25-11)14-6-3-9-26-14)16(23)20-12-4-2-5-13(10-12)22-8-7-19-18(22)24/h2-6,9-10H,7-8H2,1H3,(H,19,24)(H,20,23). The molecule has 0 atom stereocenters. The van der Waals surface area contributed by atoms with Gasteiger partial charge in [0, 0.05) is 24.5 Å². The number of aromatic nitrogens is 1. The zero-order chi connectivity index (χ0) is 18.1. The highest BCUT2D eigenvalue weighted by molar-refractivity contribution is 7.13. The molecule has 1 aromatic carbocycles. The van der Waals surface area contributed by atoms with Crippen LogP contribution in [0.1, 0.15) is 16.2 Å². The van der Waals surface area contributed by atoms with Crippen LogP contribution in [-0.2, 0) is 0 Å². The van der Waals surface area contributed by atoms with Gasteiger partial charge in [-0.3, -0.25) is 9.69 Å². The Balaban J connectivity index is 1.54. The zero-order valence-electron chi connectivity index (χ0n) is 14.0. The summed E-state index contributed by atoms with van der Waals surface area (Å²) in [5, 5.41) is 7.50. The number of urea groups is 1. The number of aryl methyl sites for hydroxylation is 1. The second-order valence-electron chi connectivity index (χ2n) is 5.79. The topological polar surface area (TPSA) is 87.5 Å². The van der Waals surface area contributed by atoms with Crippen molar-refractivity contribution < 1.29 is 14.0 Å². The smallest absolute Gasteiger partial charge is 0.321 e. The first-order valence-corrected chi connectivity index (χ1v) is 8.98. The number of hydrogen-bond donors (Lipinski definition) is 2. The Bertz CT molecular complexity index is 965. The van der Waals surface area contributed by atoms with E-state index in [0.717, 1.165) is 10.6 Å². The van der Waals surface area contributed by atoms with Gasteiger partial charge >= 0.3 is 6.03 Å². The largest absolute Gasteiger partial charge is 0.440 e. The average molecular weight is 368 g/mol. The molecule has 0 bridgehead atoms. The summed E-state index contributed by atoms with van der Waals surface area (Å²) in [6.45, 7) is 2.92. The molecule has 3 heterocycles. The van der Waals surface area contributed by atoms with Gasteiger partial charge in [0.05, 0.1) is 4.88 Å². The molecule has 0 radical (unpaired) electrons. The lowest BCUT2D eigenvalue weighted by molar-refractivity contribution is 0.102. The summed E-state index contributed by atoms with van der Waals surface area (Å²) in [6, 6.07) is 10.8. The van der Waals surface area contributed by atoms with Crippen molar-refractivity contribution in [2.45, 2.75) is 6.92 Å². The lowest BCUT2D eigenvalue weighted by Crippen LogP contribution is -2.27. The molecule has 4 rings (SSSR count). The first-order valence-electron chi connectivity index (χ1n) is 8.10. The van der Waals surface area contributed by atoms with E-state index in [0.29, 0.717) is 30.4 Å². The molecular weight excluding hydrogens is 352 g/mol. The molecule has 8 heteroatoms. The number of rotatable bonds is 4. The van der Waals surface area contributed by atoms with Gasteiger partial charge in [0.1, 0.15) is 5.76 Å². The van der Waals surface area contributed by atoms with E-state index >= 15 is 0 Å². The van der Waals surface area contributed by atoms with Crippen molar-refractivity contribution in [2.75, 3.05) is 23.3 Å². The van der Waals surface area contributed by atoms with E-state index in [1.807, 2.05) is 23.6 Å². The molecule has 3 amide bonds. The predicted octanol–water partition coefficient (Wildman–Crippen LogP) is 3.49. The maximum atomic E-state index is 12.6. The summed E-state index contributed by atoms with van der Waals surface area (Å²) in [7, 11) is 0. The van der Waals surface area contributed by atoms with Crippen LogP contribution in [0.2, 0.25) is 0 Å². The summed E-state index contributed by atoms with van der Waals surface area (Å²) in [5.74, 6) is 0.545. The van der Waals surface area contributed by atoms with Crippen molar-refractivity contribution in [1.29, 1.82) is 0 Å². The molecule has 1 aliphatic rings. The molecule has 0 spiro atoms. The molecule has 1 saturated heterocycles. The highest BCUT2D eigenvalue weighted by Crippen LogP contribution is 2.27. The average Bonchev–Trinajstić information content (AvgIpc) is 3.35. The van der Waals surface area contributed by atoms with Crippen LogP contribution in [0.15, 0.2) is 46.2 Å². The van der Waals surface area contributed by atoms with Crippen molar-refractivity contribution >= 4 is 34.6 Å². The minimum absolute atomic E-state index is 0.138. The number of carbonyl (C=O) groups excluding carboxylic acids is 2. The predicted molar refractivity (Wildman–Crippen MR) is 99.7 cm³/mol. The number of carbonyl (C=O) groups is 2. The number of nitrogens with one attached hydrogen (secondary N) is 2. The summed E-state index contributed by atoms with van der Waals surface area (Å²) in [6.07, 6.45) is 0. The number of nitrogens with zero attached hydrogens (tertiary/aromatic N) is 2. The van der Waals surface area contributed by atoms with Crippen LogP contribution in [0.3, 0.4) is 0 Å². The van der Waals surface area contributed by atoms with E-state index in [1.54, 1.807) is 30.0 Å². The number of oxazole rings is 1. The highest BCUT2D eigenvalue weighted by Gasteiger charge is 2.22. The second-order valence-corrected chi connectivity index (χ2v) is 6.74. The quantitative estimate of drug-likeness (QED) is 0.738. The van der Waals surface area contributed by atoms with Gasteiger partial charge in [-0.15, -0.1) is 11.3 Å². The highest BCUT2D eigenvalue weighted by atomic mass is 32.1. The van der Waals surface area contributed by atoms with Gasteiger partial charge in [0.25, 0.3) is 5.91 Å². The summed E-state index contributed by atoms with van der Waals surface area (Å²) >= 11 is 1.50. The van der Waals surface area contributed by atoms with E-state index in [4.69, 9.17) is 4.42 Å². The van der Waals surface area contributed by atoms with Crippen LogP contribution in [-0.4, -0.2) is 30.0 Å². The van der Waals surface area contributed by atoms with E-state index < -0.39 is 0 Å². The monoisotopic (exact) mass is 368 g/mol. The minimum Gasteiger partial charge on any atom is -0.440 e. The zero-order valence-corrected chi connectivity index (χ0v) is 14.8. The summed E-state index contributed by atoms with van der Waals surface area (Å²) in [4.78, 5) is 31.2. The normalized spacial score (nSPS) is 13.7. The fourth-order valence-corrected chi connectivity index (χ4v) is 3.42. The van der Waals surface area contributed by atoms with E-state index in [1.165, 1.54) is 11.3 Å². The molecule has 132 valence electrons. The fraction of sp³-hybridized carbons (Fsp3) is 0.167. The number of thiophene rings is 1. The first-order chi connectivity index (χ1) is 12.6. The fourth-order valence-electron chi connectivity index (χ4n) is 2.77. The molecule has 1 aliphatic heterocycles. The van der Waals surface area contributed by atoms with E-state index in [2.05, 4.69) is 15.6 Å². The second kappa shape index (κ2) is 6.64. The van der Waals surface area contributed by atoms with E-state index in [-0.39, 0.29) is 17.6 Å². The number of hydrogen-bond acceptors (Lipinski definition) is 5. The Hall–Kier alpha value is -3.13. The molecular formula is C18H16N4O3S. The number of amides is 3. The van der Waals surface area contributed by atoms with E-state index in [9.17, 15) is 9.59 Å². The lowest BCUT2D eigenvalue weighted by Gasteiger charge is -2.15. The van der Waals surface area contributed by atoms with Gasteiger partial charge in [-0.05, 0) is 36.6 Å². The Kier molecular flexibility index (Phi) is 4.18. The van der Waals surface area contributed by atoms with Crippen LogP contribution in [0, 0.1) is 6.92 Å². The number of benzene rings is 1. The third kappa shape index (κ3) is 3.06. The molecule has 0 aliphatic carbocycles. The van der Waals surface area contributed by atoms with Crippen molar-refractivity contribution in [3.8, 4) is 10.8 Å². The van der Waals surface area contributed by atoms with Gasteiger partial charge < -0.3 is 15.1 Å². The van der Waals surface area contributed by atoms with Crippen LogP contribution in [0.5, 0.6) is 0 Å². The van der Waals surface area contributed by atoms with Crippen molar-refractivity contribution in [1.82, 2.24) is 10.3 Å². The first kappa shape index (κ1) is 16.3. The molecule has 2 N–H and O–H groups in total. The van der Waals surface area contributed by atoms with Crippen LogP contribution >= 0.6 is 11.3 Å². The van der Waals surface area contributed by atoms with Gasteiger partial charge in [-0.1, -0.05) is 12.1 Å². The van der Waals surface area contributed by atoms with Crippen LogP contribution in [0.25, 0.3) is 10.8 Å². The van der Waals surface area contributed by atoms with Crippen LogP contribution < -0.4 is 15.5 Å². The van der Waals surface area contributed by atoms with Crippen LogP contribution in [0.4, 0.5) is 16.2 Å². The third-order valence-corrected chi connectivity index (χ3v) is 4.87. The number of anilines is 2. The summed E-state index contributed by atoms with van der Waals surface area (Å²) < 4.78 is 5.61. The SMILES string of the molecule is Cc1oc(-c2cccs2)nc1C(=O)Nc1cccc(N2CCNC2=O)c1. The molecule has 2 aromatic heterocycles. The lowest BCUT2D eigenvalue weighted by atomic mass is 10.2. The maximum Gasteiger partial charge on any atom is 0.321 e. The molecule has 3 aromatic rings. The Morgan fingerprint density at radius 2 is 2.23 bits per heavy atom. The molecule has 26 heavy (non-hydrogen) atoms. The van der Waals surface area contributed by atoms with Crippen molar-refractivity contribution in [3.05, 3.63) is 53.2 Å².